The molecule has 0 aliphatic heterocycles. The van der Waals surface area contributed by atoms with Crippen LogP contribution in [0.3, 0.4) is 0 Å². The van der Waals surface area contributed by atoms with Gasteiger partial charge in [-0.1, -0.05) is 74.5 Å². The summed E-state index contributed by atoms with van der Waals surface area (Å²) in [5.41, 5.74) is 4.09. The van der Waals surface area contributed by atoms with E-state index in [0.29, 0.717) is 25.1 Å². The van der Waals surface area contributed by atoms with E-state index >= 15 is 4.79 Å². The SMILES string of the molecule is COc1cc(C(=O)C(=O)N(C)C(Cc2ccccc2)C(=O)N(Cc2ccccc2)C(CC(C)c2ccncc2)CC(C)c2ccncc2)cc(OC)c1OC. The van der Waals surface area contributed by atoms with E-state index in [1.54, 1.807) is 24.8 Å². The van der Waals surface area contributed by atoms with Crippen LogP contribution < -0.4 is 14.2 Å². The summed E-state index contributed by atoms with van der Waals surface area (Å²) in [6, 6.07) is 29.1. The average molecular weight is 743 g/mol. The number of ketones is 1. The van der Waals surface area contributed by atoms with Crippen molar-refractivity contribution >= 4 is 17.6 Å². The highest BCUT2D eigenvalue weighted by atomic mass is 16.5. The summed E-state index contributed by atoms with van der Waals surface area (Å²) in [4.78, 5) is 55.4. The number of rotatable bonds is 18. The number of ether oxygens (including phenoxy) is 3. The van der Waals surface area contributed by atoms with Gasteiger partial charge in [-0.15, -0.1) is 0 Å². The molecule has 55 heavy (non-hydrogen) atoms. The third-order valence-corrected chi connectivity index (χ3v) is 10.2. The minimum Gasteiger partial charge on any atom is -0.493 e. The lowest BCUT2D eigenvalue weighted by atomic mass is 9.86. The van der Waals surface area contributed by atoms with Gasteiger partial charge in [0.1, 0.15) is 6.04 Å². The number of benzene rings is 3. The first kappa shape index (κ1) is 40.2. The van der Waals surface area contributed by atoms with E-state index in [9.17, 15) is 9.59 Å². The molecule has 10 heteroatoms. The Bertz CT molecular complexity index is 1920. The molecule has 0 bridgehead atoms. The van der Waals surface area contributed by atoms with Crippen molar-refractivity contribution in [1.29, 1.82) is 0 Å². The number of amides is 2. The van der Waals surface area contributed by atoms with Crippen molar-refractivity contribution in [3.63, 3.8) is 0 Å². The van der Waals surface area contributed by atoms with Gasteiger partial charge >= 0.3 is 0 Å². The molecule has 10 nitrogen and oxygen atoms in total. The summed E-state index contributed by atoms with van der Waals surface area (Å²) in [6.07, 6.45) is 8.64. The van der Waals surface area contributed by atoms with Crippen LogP contribution in [0.2, 0.25) is 0 Å². The average Bonchev–Trinajstić information content (AvgIpc) is 3.24. The summed E-state index contributed by atoms with van der Waals surface area (Å²) in [7, 11) is 5.87. The van der Waals surface area contributed by atoms with Crippen molar-refractivity contribution in [2.24, 2.45) is 0 Å². The minimum atomic E-state index is -1.01. The largest absolute Gasteiger partial charge is 0.493 e. The molecule has 5 aromatic rings. The number of Topliss-reactive ketones (excluding diaryl/α,β-unsaturated/α-hetero) is 1. The topological polar surface area (TPSA) is 111 Å². The zero-order valence-corrected chi connectivity index (χ0v) is 32.4. The fraction of sp³-hybridized carbons (Fsp3) is 0.311. The van der Waals surface area contributed by atoms with Gasteiger partial charge in [-0.2, -0.15) is 0 Å². The van der Waals surface area contributed by atoms with Crippen LogP contribution in [-0.2, 0) is 22.6 Å². The second kappa shape index (κ2) is 19.3. The minimum absolute atomic E-state index is 0.0497. The first-order chi connectivity index (χ1) is 26.6. The van der Waals surface area contributed by atoms with Gasteiger partial charge in [0.15, 0.2) is 11.5 Å². The lowest BCUT2D eigenvalue weighted by Gasteiger charge is -2.39. The van der Waals surface area contributed by atoms with Crippen molar-refractivity contribution in [3.05, 3.63) is 150 Å². The maximum atomic E-state index is 15.5. The molecule has 0 aliphatic carbocycles. The van der Waals surface area contributed by atoms with Gasteiger partial charge < -0.3 is 24.0 Å². The molecule has 0 aliphatic rings. The quantitative estimate of drug-likeness (QED) is 0.0669. The monoisotopic (exact) mass is 742 g/mol. The molecule has 5 rings (SSSR count). The maximum absolute atomic E-state index is 15.5. The number of carbonyl (C=O) groups is 3. The zero-order valence-electron chi connectivity index (χ0n) is 32.4. The van der Waals surface area contributed by atoms with Gasteiger partial charge in [0.2, 0.25) is 11.7 Å². The van der Waals surface area contributed by atoms with Crippen LogP contribution in [0, 0.1) is 0 Å². The Morgan fingerprint density at radius 3 is 1.58 bits per heavy atom. The Morgan fingerprint density at radius 1 is 0.655 bits per heavy atom. The molecule has 0 fully saturated rings. The number of likely N-dealkylation sites (N-methyl/N-ethyl adjacent to an activating group) is 1. The van der Waals surface area contributed by atoms with Crippen LogP contribution in [0.15, 0.2) is 122 Å². The first-order valence-corrected chi connectivity index (χ1v) is 18.4. The molecule has 0 saturated heterocycles. The van der Waals surface area contributed by atoms with E-state index in [-0.39, 0.29) is 47.3 Å². The van der Waals surface area contributed by atoms with Crippen molar-refractivity contribution in [3.8, 4) is 17.2 Å². The van der Waals surface area contributed by atoms with E-state index in [1.807, 2.05) is 89.8 Å². The number of hydrogen-bond acceptors (Lipinski definition) is 8. The van der Waals surface area contributed by atoms with Crippen molar-refractivity contribution in [1.82, 2.24) is 19.8 Å². The number of carbonyl (C=O) groups excluding carboxylic acids is 3. The first-order valence-electron chi connectivity index (χ1n) is 18.4. The number of pyridine rings is 2. The summed E-state index contributed by atoms with van der Waals surface area (Å²) in [6.45, 7) is 4.64. The second-order valence-corrected chi connectivity index (χ2v) is 13.8. The van der Waals surface area contributed by atoms with Crippen molar-refractivity contribution in [2.75, 3.05) is 28.4 Å². The Hall–Kier alpha value is -6.03. The highest BCUT2D eigenvalue weighted by molar-refractivity contribution is 6.43. The summed E-state index contributed by atoms with van der Waals surface area (Å²) >= 11 is 0. The van der Waals surface area contributed by atoms with Crippen LogP contribution in [0.5, 0.6) is 17.2 Å². The van der Waals surface area contributed by atoms with Crippen LogP contribution in [0.25, 0.3) is 0 Å². The van der Waals surface area contributed by atoms with E-state index in [2.05, 4.69) is 23.8 Å². The molecule has 0 radical (unpaired) electrons. The third kappa shape index (κ3) is 10.1. The molecule has 0 N–H and O–H groups in total. The fourth-order valence-electron chi connectivity index (χ4n) is 7.05. The molecule has 3 unspecified atom stereocenters. The fourth-order valence-corrected chi connectivity index (χ4v) is 7.05. The number of aromatic nitrogens is 2. The molecule has 0 saturated carbocycles. The van der Waals surface area contributed by atoms with Gasteiger partial charge in [0, 0.05) is 56.4 Å². The van der Waals surface area contributed by atoms with Crippen LogP contribution in [0.4, 0.5) is 0 Å². The lowest BCUT2D eigenvalue weighted by Crippen LogP contribution is -2.54. The molecule has 286 valence electrons. The Labute approximate surface area is 324 Å². The van der Waals surface area contributed by atoms with E-state index in [4.69, 9.17) is 14.2 Å². The smallest absolute Gasteiger partial charge is 0.295 e. The number of hydrogen-bond donors (Lipinski definition) is 0. The summed E-state index contributed by atoms with van der Waals surface area (Å²) < 4.78 is 16.4. The van der Waals surface area contributed by atoms with Gasteiger partial charge in [-0.3, -0.25) is 24.4 Å². The molecule has 3 atom stereocenters. The molecule has 2 amide bonds. The highest BCUT2D eigenvalue weighted by Crippen LogP contribution is 2.38. The Balaban J connectivity index is 1.58. The van der Waals surface area contributed by atoms with Crippen molar-refractivity contribution in [2.45, 2.75) is 63.6 Å². The molecule has 3 aromatic carbocycles. The van der Waals surface area contributed by atoms with Crippen LogP contribution in [-0.4, -0.2) is 77.8 Å². The zero-order chi connectivity index (χ0) is 39.3. The lowest BCUT2D eigenvalue weighted by molar-refractivity contribution is -0.145. The predicted molar refractivity (Wildman–Crippen MR) is 212 cm³/mol. The highest BCUT2D eigenvalue weighted by Gasteiger charge is 2.38. The maximum Gasteiger partial charge on any atom is 0.295 e. The van der Waals surface area contributed by atoms with E-state index in [0.717, 1.165) is 22.3 Å². The summed E-state index contributed by atoms with van der Waals surface area (Å²) in [5.74, 6) is -0.970. The van der Waals surface area contributed by atoms with Crippen molar-refractivity contribution < 1.29 is 28.6 Å². The standard InChI is InChI=1S/C45H50N4O6/c1-31(35-17-21-46-22-18-35)25-38(26-32(2)36-19-23-47-24-20-36)49(30-34-15-11-8-12-16-34)44(51)39(27-33-13-9-7-10-14-33)48(3)45(52)42(50)37-28-40(53-4)43(55-6)41(29-37)54-5/h7-24,28-29,31-32,38-39H,25-27,30H2,1-6H3. The van der Waals surface area contributed by atoms with Crippen LogP contribution >= 0.6 is 0 Å². The molecule has 2 heterocycles. The van der Waals surface area contributed by atoms with Gasteiger partial charge in [0.25, 0.3) is 11.7 Å². The Morgan fingerprint density at radius 2 is 1.13 bits per heavy atom. The van der Waals surface area contributed by atoms with E-state index in [1.165, 1.54) is 45.4 Å². The number of nitrogens with zero attached hydrogens (tertiary/aromatic N) is 4. The van der Waals surface area contributed by atoms with Gasteiger partial charge in [-0.05, 0) is 83.3 Å². The second-order valence-electron chi connectivity index (χ2n) is 13.8. The number of methoxy groups -OCH3 is 3. The van der Waals surface area contributed by atoms with Gasteiger partial charge in [-0.25, -0.2) is 0 Å². The summed E-state index contributed by atoms with van der Waals surface area (Å²) in [5, 5.41) is 0. The predicted octanol–water partition coefficient (Wildman–Crippen LogP) is 7.54. The molecule has 2 aromatic heterocycles. The normalized spacial score (nSPS) is 13.1. The van der Waals surface area contributed by atoms with Crippen LogP contribution in [0.1, 0.15) is 71.1 Å². The molecular formula is C45H50N4O6. The molecular weight excluding hydrogens is 693 g/mol. The third-order valence-electron chi connectivity index (χ3n) is 10.2. The van der Waals surface area contributed by atoms with E-state index < -0.39 is 17.7 Å². The van der Waals surface area contributed by atoms with Gasteiger partial charge in [0.05, 0.1) is 21.3 Å². The molecule has 0 spiro atoms. The Kier molecular flexibility index (Phi) is 14.1.